The fraction of sp³-hybridized carbons (Fsp3) is 0.556. The molecular weight excluding hydrogens is 384 g/mol. The Morgan fingerprint density at radius 3 is 1.77 bits per heavy atom. The molecule has 0 saturated heterocycles. The third-order valence-electron chi connectivity index (χ3n) is 6.06. The predicted octanol–water partition coefficient (Wildman–Crippen LogP) is 6.06. The highest BCUT2D eigenvalue weighted by molar-refractivity contribution is 6.99. The zero-order valence-electron chi connectivity index (χ0n) is 19.6. The standard InChI is InChI=1S/C27H42O2Si/c1-5-6-17-24(28)18-11-7-8-16-23-29-30(27(2,3)4,25-19-12-9-13-20-25)26-21-14-10-15-22-26/h9-10,12-15,19-22,24,28H,5-8,11,16-18,23H2,1-4H3/t24-/m1/s1. The van der Waals surface area contributed by atoms with E-state index in [-0.39, 0.29) is 11.1 Å². The van der Waals surface area contributed by atoms with E-state index in [2.05, 4.69) is 88.4 Å². The maximum absolute atomic E-state index is 10.0. The quantitative estimate of drug-likeness (QED) is 0.311. The van der Waals surface area contributed by atoms with Crippen molar-refractivity contribution in [2.45, 2.75) is 90.2 Å². The van der Waals surface area contributed by atoms with Gasteiger partial charge < -0.3 is 9.53 Å². The van der Waals surface area contributed by atoms with Gasteiger partial charge in [0.1, 0.15) is 0 Å². The lowest BCUT2D eigenvalue weighted by Crippen LogP contribution is -2.66. The summed E-state index contributed by atoms with van der Waals surface area (Å²) in [5, 5.41) is 12.8. The molecule has 0 heterocycles. The normalized spacial score (nSPS) is 13.4. The summed E-state index contributed by atoms with van der Waals surface area (Å²) in [7, 11) is -2.39. The first-order chi connectivity index (χ1) is 14.4. The molecule has 166 valence electrons. The van der Waals surface area contributed by atoms with Crippen molar-refractivity contribution in [3.63, 3.8) is 0 Å². The third-order valence-corrected chi connectivity index (χ3v) is 11.1. The van der Waals surface area contributed by atoms with Crippen molar-refractivity contribution in [1.29, 1.82) is 0 Å². The highest BCUT2D eigenvalue weighted by Crippen LogP contribution is 2.36. The fourth-order valence-corrected chi connectivity index (χ4v) is 9.01. The lowest BCUT2D eigenvalue weighted by Gasteiger charge is -2.43. The van der Waals surface area contributed by atoms with E-state index >= 15 is 0 Å². The topological polar surface area (TPSA) is 29.5 Å². The highest BCUT2D eigenvalue weighted by atomic mass is 28.4. The SMILES string of the molecule is CCCC[C@@H](O)CCCCCCO[Si](c1ccccc1)(c1ccccc1)C(C)(C)C. The minimum atomic E-state index is -2.39. The fourth-order valence-electron chi connectivity index (χ4n) is 4.41. The summed E-state index contributed by atoms with van der Waals surface area (Å²) < 4.78 is 6.94. The highest BCUT2D eigenvalue weighted by Gasteiger charge is 2.49. The van der Waals surface area contributed by atoms with Crippen LogP contribution in [0.4, 0.5) is 0 Å². The number of benzene rings is 2. The van der Waals surface area contributed by atoms with Gasteiger partial charge in [-0.05, 0) is 34.7 Å². The van der Waals surface area contributed by atoms with Crippen LogP contribution in [-0.2, 0) is 4.43 Å². The van der Waals surface area contributed by atoms with Gasteiger partial charge in [0.25, 0.3) is 8.32 Å². The van der Waals surface area contributed by atoms with Crippen LogP contribution in [0.1, 0.15) is 79.1 Å². The van der Waals surface area contributed by atoms with Gasteiger partial charge in [0.2, 0.25) is 0 Å². The first kappa shape index (κ1) is 24.8. The van der Waals surface area contributed by atoms with Crippen molar-refractivity contribution >= 4 is 18.7 Å². The minimum absolute atomic E-state index is 0.0408. The Morgan fingerprint density at radius 2 is 1.27 bits per heavy atom. The van der Waals surface area contributed by atoms with Crippen molar-refractivity contribution in [1.82, 2.24) is 0 Å². The van der Waals surface area contributed by atoms with Crippen LogP contribution in [0.25, 0.3) is 0 Å². The number of hydrogen-bond donors (Lipinski definition) is 1. The van der Waals surface area contributed by atoms with E-state index in [1.54, 1.807) is 0 Å². The van der Waals surface area contributed by atoms with E-state index in [9.17, 15) is 5.11 Å². The molecule has 1 N–H and O–H groups in total. The van der Waals surface area contributed by atoms with Crippen LogP contribution in [-0.4, -0.2) is 26.1 Å². The van der Waals surface area contributed by atoms with Crippen LogP contribution in [0.2, 0.25) is 5.04 Å². The maximum atomic E-state index is 10.0. The zero-order chi connectivity index (χ0) is 21.9. The summed E-state index contributed by atoms with van der Waals surface area (Å²) in [5.41, 5.74) is 0. The van der Waals surface area contributed by atoms with E-state index in [4.69, 9.17) is 4.43 Å². The number of unbranched alkanes of at least 4 members (excludes halogenated alkanes) is 4. The molecule has 0 aliphatic carbocycles. The zero-order valence-corrected chi connectivity index (χ0v) is 20.6. The van der Waals surface area contributed by atoms with Crippen molar-refractivity contribution < 1.29 is 9.53 Å². The van der Waals surface area contributed by atoms with Gasteiger partial charge in [0.05, 0.1) is 6.10 Å². The van der Waals surface area contributed by atoms with Crippen molar-refractivity contribution in [3.05, 3.63) is 60.7 Å². The summed E-state index contributed by atoms with van der Waals surface area (Å²) in [4.78, 5) is 0. The molecule has 0 fully saturated rings. The number of rotatable bonds is 13. The van der Waals surface area contributed by atoms with Gasteiger partial charge in [-0.3, -0.25) is 0 Å². The summed E-state index contributed by atoms with van der Waals surface area (Å²) in [5.74, 6) is 0. The molecule has 2 rings (SSSR count). The Bertz CT molecular complexity index is 654. The monoisotopic (exact) mass is 426 g/mol. The van der Waals surface area contributed by atoms with Gasteiger partial charge in [0.15, 0.2) is 0 Å². The Hall–Kier alpha value is -1.42. The number of aliphatic hydroxyl groups is 1. The van der Waals surface area contributed by atoms with Crippen LogP contribution >= 0.6 is 0 Å². The second-order valence-electron chi connectivity index (χ2n) is 9.51. The van der Waals surface area contributed by atoms with Gasteiger partial charge >= 0.3 is 0 Å². The first-order valence-corrected chi connectivity index (χ1v) is 13.8. The van der Waals surface area contributed by atoms with Gasteiger partial charge in [-0.2, -0.15) is 0 Å². The van der Waals surface area contributed by atoms with Gasteiger partial charge in [-0.15, -0.1) is 0 Å². The molecule has 30 heavy (non-hydrogen) atoms. The molecule has 0 spiro atoms. The van der Waals surface area contributed by atoms with Crippen LogP contribution in [0.5, 0.6) is 0 Å². The van der Waals surface area contributed by atoms with E-state index in [1.807, 2.05) is 0 Å². The molecule has 0 bridgehead atoms. The van der Waals surface area contributed by atoms with Crippen molar-refractivity contribution in [2.75, 3.05) is 6.61 Å². The summed E-state index contributed by atoms with van der Waals surface area (Å²) in [6, 6.07) is 21.7. The molecule has 2 aromatic rings. The minimum Gasteiger partial charge on any atom is -0.407 e. The predicted molar refractivity (Wildman–Crippen MR) is 132 cm³/mol. The molecule has 0 unspecified atom stereocenters. The molecule has 0 aliphatic rings. The van der Waals surface area contributed by atoms with E-state index in [0.29, 0.717) is 0 Å². The lowest BCUT2D eigenvalue weighted by molar-refractivity contribution is 0.147. The third kappa shape index (κ3) is 6.80. The average molecular weight is 427 g/mol. The van der Waals surface area contributed by atoms with E-state index in [1.165, 1.54) is 23.2 Å². The van der Waals surface area contributed by atoms with Crippen molar-refractivity contribution in [2.24, 2.45) is 0 Å². The van der Waals surface area contributed by atoms with Gasteiger partial charge in [-0.25, -0.2) is 0 Å². The van der Waals surface area contributed by atoms with E-state index < -0.39 is 8.32 Å². The second-order valence-corrected chi connectivity index (χ2v) is 13.8. The molecular formula is C27H42O2Si. The average Bonchev–Trinajstić information content (AvgIpc) is 2.74. The Labute approximate surface area is 185 Å². The Balaban J connectivity index is 2.00. The lowest BCUT2D eigenvalue weighted by atomic mass is 10.0. The van der Waals surface area contributed by atoms with Gasteiger partial charge in [-0.1, -0.05) is 120 Å². The molecule has 2 aromatic carbocycles. The molecule has 0 aromatic heterocycles. The number of hydrogen-bond acceptors (Lipinski definition) is 2. The molecule has 3 heteroatoms. The summed E-state index contributed by atoms with van der Waals surface area (Å²) in [6.45, 7) is 9.97. The van der Waals surface area contributed by atoms with Crippen LogP contribution in [0.3, 0.4) is 0 Å². The molecule has 0 aliphatic heterocycles. The van der Waals surface area contributed by atoms with E-state index in [0.717, 1.165) is 45.1 Å². The number of aliphatic hydroxyl groups excluding tert-OH is 1. The summed E-state index contributed by atoms with van der Waals surface area (Å²) in [6.07, 6.45) is 8.61. The molecule has 0 saturated carbocycles. The smallest absolute Gasteiger partial charge is 0.261 e. The van der Waals surface area contributed by atoms with Crippen LogP contribution in [0.15, 0.2) is 60.7 Å². The van der Waals surface area contributed by atoms with Crippen LogP contribution in [0, 0.1) is 0 Å². The largest absolute Gasteiger partial charge is 0.407 e. The Kier molecular flexibility index (Phi) is 10.3. The van der Waals surface area contributed by atoms with Crippen LogP contribution < -0.4 is 10.4 Å². The Morgan fingerprint density at radius 1 is 0.767 bits per heavy atom. The maximum Gasteiger partial charge on any atom is 0.261 e. The first-order valence-electron chi connectivity index (χ1n) is 11.8. The molecule has 0 amide bonds. The van der Waals surface area contributed by atoms with Crippen molar-refractivity contribution in [3.8, 4) is 0 Å². The second kappa shape index (κ2) is 12.4. The molecule has 0 radical (unpaired) electrons. The molecule has 1 atom stereocenters. The summed E-state index contributed by atoms with van der Waals surface area (Å²) >= 11 is 0. The molecule has 2 nitrogen and oxygen atoms in total. The van der Waals surface area contributed by atoms with Gasteiger partial charge in [0, 0.05) is 6.61 Å².